The van der Waals surface area contributed by atoms with Crippen molar-refractivity contribution in [3.8, 4) is 0 Å². The largest absolute Gasteiger partial charge is 0.376 e. The minimum Gasteiger partial charge on any atom is -0.376 e. The smallest absolute Gasteiger partial charge is 0.271 e. The molecule has 110 valence electrons. The lowest BCUT2D eigenvalue weighted by atomic mass is 9.88. The van der Waals surface area contributed by atoms with E-state index in [0.717, 1.165) is 6.42 Å². The molecule has 0 aliphatic heterocycles. The van der Waals surface area contributed by atoms with Crippen LogP contribution in [-0.4, -0.2) is 35.4 Å². The Balaban J connectivity index is 1.69. The van der Waals surface area contributed by atoms with Crippen LogP contribution in [0.15, 0.2) is 16.9 Å². The molecule has 20 heavy (non-hydrogen) atoms. The lowest BCUT2D eigenvalue weighted by Crippen LogP contribution is -2.32. The average Bonchev–Trinajstić information content (AvgIpc) is 2.46. The molecule has 6 nitrogen and oxygen atoms in total. The van der Waals surface area contributed by atoms with Crippen molar-refractivity contribution in [3.63, 3.8) is 0 Å². The molecule has 1 heterocycles. The Kier molecular flexibility index (Phi) is 5.29. The molecular weight excluding hydrogens is 258 g/mol. The maximum atomic E-state index is 11.7. The predicted octanol–water partition coefficient (Wildman–Crippen LogP) is 1.09. The van der Waals surface area contributed by atoms with Crippen LogP contribution < -0.4 is 10.9 Å². The third-order valence-corrected chi connectivity index (χ3v) is 3.66. The fraction of sp³-hybridized carbons (Fsp3) is 0.643. The average molecular weight is 279 g/mol. The van der Waals surface area contributed by atoms with Crippen LogP contribution in [0, 0.1) is 5.92 Å². The molecule has 0 spiro atoms. The van der Waals surface area contributed by atoms with Gasteiger partial charge in [0, 0.05) is 12.6 Å². The summed E-state index contributed by atoms with van der Waals surface area (Å²) in [7, 11) is 0. The summed E-state index contributed by atoms with van der Waals surface area (Å²) in [5.74, 6) is 0.293. The summed E-state index contributed by atoms with van der Waals surface area (Å²) < 4.78 is 5.81. The van der Waals surface area contributed by atoms with Crippen LogP contribution in [-0.2, 0) is 4.74 Å². The van der Waals surface area contributed by atoms with E-state index in [1.807, 2.05) is 0 Å². The van der Waals surface area contributed by atoms with Gasteiger partial charge in [0.1, 0.15) is 5.69 Å². The minimum atomic E-state index is -0.323. The maximum Gasteiger partial charge on any atom is 0.271 e. The Labute approximate surface area is 117 Å². The minimum absolute atomic E-state index is 0.204. The van der Waals surface area contributed by atoms with Crippen molar-refractivity contribution in [1.82, 2.24) is 15.5 Å². The molecule has 0 radical (unpaired) electrons. The molecule has 1 aliphatic carbocycles. The van der Waals surface area contributed by atoms with Gasteiger partial charge < -0.3 is 10.1 Å². The third-order valence-electron chi connectivity index (χ3n) is 3.66. The van der Waals surface area contributed by atoms with E-state index in [1.165, 1.54) is 31.4 Å². The number of amides is 1. The summed E-state index contributed by atoms with van der Waals surface area (Å²) in [6.45, 7) is 3.17. The molecule has 2 rings (SSSR count). The summed E-state index contributed by atoms with van der Waals surface area (Å²) in [5.41, 5.74) is -0.119. The standard InChI is InChI=1S/C14H21N3O3/c1-10-4-2-3-5-12(10)20-9-8-15-14(19)11-6-7-13(18)17-16-11/h6-7,10,12H,2-5,8-9H2,1H3,(H,15,19)(H,17,18)/t10-,12-/m0/s1. The van der Waals surface area contributed by atoms with Gasteiger partial charge in [0.25, 0.3) is 11.5 Å². The highest BCUT2D eigenvalue weighted by Gasteiger charge is 2.21. The Morgan fingerprint density at radius 1 is 1.45 bits per heavy atom. The van der Waals surface area contributed by atoms with E-state index in [-0.39, 0.29) is 17.2 Å². The van der Waals surface area contributed by atoms with E-state index in [1.54, 1.807) is 0 Å². The number of ether oxygens (including phenoxy) is 1. The first-order valence-electron chi connectivity index (χ1n) is 7.12. The van der Waals surface area contributed by atoms with Crippen LogP contribution in [0.25, 0.3) is 0 Å². The SMILES string of the molecule is C[C@H]1CCCC[C@@H]1OCCNC(=O)c1ccc(=O)[nH]n1. The molecule has 0 aromatic carbocycles. The topological polar surface area (TPSA) is 84.1 Å². The zero-order valence-electron chi connectivity index (χ0n) is 11.7. The van der Waals surface area contributed by atoms with Crippen molar-refractivity contribution < 1.29 is 9.53 Å². The fourth-order valence-electron chi connectivity index (χ4n) is 2.47. The van der Waals surface area contributed by atoms with Crippen LogP contribution >= 0.6 is 0 Å². The Bertz CT molecular complexity index is 480. The summed E-state index contributed by atoms with van der Waals surface area (Å²) in [5, 5.41) is 8.62. The molecule has 1 fully saturated rings. The highest BCUT2D eigenvalue weighted by Crippen LogP contribution is 2.25. The van der Waals surface area contributed by atoms with Crippen LogP contribution in [0.4, 0.5) is 0 Å². The maximum absolute atomic E-state index is 11.7. The quantitative estimate of drug-likeness (QED) is 0.790. The monoisotopic (exact) mass is 279 g/mol. The van der Waals surface area contributed by atoms with Crippen LogP contribution in [0.3, 0.4) is 0 Å². The van der Waals surface area contributed by atoms with Crippen molar-refractivity contribution in [3.05, 3.63) is 28.2 Å². The molecule has 1 amide bonds. The number of hydrogen-bond acceptors (Lipinski definition) is 4. The van der Waals surface area contributed by atoms with E-state index in [0.29, 0.717) is 25.2 Å². The second-order valence-corrected chi connectivity index (χ2v) is 5.23. The van der Waals surface area contributed by atoms with Crippen molar-refractivity contribution >= 4 is 5.91 Å². The first kappa shape index (κ1) is 14.7. The molecule has 1 saturated carbocycles. The predicted molar refractivity (Wildman–Crippen MR) is 74.6 cm³/mol. The number of carbonyl (C=O) groups excluding carboxylic acids is 1. The first-order valence-corrected chi connectivity index (χ1v) is 7.12. The first-order chi connectivity index (χ1) is 9.66. The number of hydrogen-bond donors (Lipinski definition) is 2. The van der Waals surface area contributed by atoms with E-state index < -0.39 is 0 Å². The van der Waals surface area contributed by atoms with Crippen molar-refractivity contribution in [1.29, 1.82) is 0 Å². The summed E-state index contributed by atoms with van der Waals surface area (Å²) in [4.78, 5) is 22.6. The number of rotatable bonds is 5. The van der Waals surface area contributed by atoms with Gasteiger partial charge in [-0.05, 0) is 24.8 Å². The zero-order chi connectivity index (χ0) is 14.4. The molecule has 1 aromatic heterocycles. The lowest BCUT2D eigenvalue weighted by molar-refractivity contribution is -0.00295. The highest BCUT2D eigenvalue weighted by molar-refractivity contribution is 5.91. The van der Waals surface area contributed by atoms with Gasteiger partial charge in [0.15, 0.2) is 0 Å². The molecule has 1 aromatic rings. The molecule has 2 atom stereocenters. The second-order valence-electron chi connectivity index (χ2n) is 5.23. The van der Waals surface area contributed by atoms with E-state index in [9.17, 15) is 9.59 Å². The Morgan fingerprint density at radius 3 is 2.95 bits per heavy atom. The van der Waals surface area contributed by atoms with Crippen molar-refractivity contribution in [2.24, 2.45) is 5.92 Å². The third kappa shape index (κ3) is 4.16. The Morgan fingerprint density at radius 2 is 2.25 bits per heavy atom. The van der Waals surface area contributed by atoms with Gasteiger partial charge in [-0.15, -0.1) is 0 Å². The molecule has 0 saturated heterocycles. The number of H-pyrrole nitrogens is 1. The van der Waals surface area contributed by atoms with E-state index in [2.05, 4.69) is 22.4 Å². The molecule has 0 unspecified atom stereocenters. The zero-order valence-corrected chi connectivity index (χ0v) is 11.7. The van der Waals surface area contributed by atoms with Gasteiger partial charge in [0.2, 0.25) is 0 Å². The summed E-state index contributed by atoms with van der Waals surface area (Å²) in [6.07, 6.45) is 5.15. The fourth-order valence-corrected chi connectivity index (χ4v) is 2.47. The van der Waals surface area contributed by atoms with Gasteiger partial charge in [0.05, 0.1) is 12.7 Å². The highest BCUT2D eigenvalue weighted by atomic mass is 16.5. The molecule has 2 N–H and O–H groups in total. The summed E-state index contributed by atoms with van der Waals surface area (Å²) in [6, 6.07) is 2.68. The molecule has 1 aliphatic rings. The molecule has 6 heteroatoms. The van der Waals surface area contributed by atoms with Gasteiger partial charge >= 0.3 is 0 Å². The number of aromatic amines is 1. The lowest BCUT2D eigenvalue weighted by Gasteiger charge is -2.28. The van der Waals surface area contributed by atoms with Gasteiger partial charge in [-0.25, -0.2) is 5.10 Å². The van der Waals surface area contributed by atoms with E-state index >= 15 is 0 Å². The van der Waals surface area contributed by atoms with Crippen LogP contribution in [0.2, 0.25) is 0 Å². The van der Waals surface area contributed by atoms with Gasteiger partial charge in [-0.1, -0.05) is 19.8 Å². The number of aromatic nitrogens is 2. The van der Waals surface area contributed by atoms with Crippen molar-refractivity contribution in [2.45, 2.75) is 38.7 Å². The number of nitrogens with zero attached hydrogens (tertiary/aromatic N) is 1. The van der Waals surface area contributed by atoms with Crippen LogP contribution in [0.5, 0.6) is 0 Å². The second kappa shape index (κ2) is 7.19. The number of carbonyl (C=O) groups is 1. The van der Waals surface area contributed by atoms with Crippen molar-refractivity contribution in [2.75, 3.05) is 13.2 Å². The normalized spacial score (nSPS) is 22.4. The molecule has 0 bridgehead atoms. The van der Waals surface area contributed by atoms with Gasteiger partial charge in [-0.3, -0.25) is 9.59 Å². The summed E-state index contributed by atoms with van der Waals surface area (Å²) >= 11 is 0. The number of nitrogens with one attached hydrogen (secondary N) is 2. The Hall–Kier alpha value is -1.69. The molecular formula is C14H21N3O3. The van der Waals surface area contributed by atoms with Gasteiger partial charge in [-0.2, -0.15) is 5.10 Å². The van der Waals surface area contributed by atoms with E-state index in [4.69, 9.17) is 4.74 Å². The van der Waals surface area contributed by atoms with Crippen LogP contribution in [0.1, 0.15) is 43.1 Å².